The van der Waals surface area contributed by atoms with Gasteiger partial charge >= 0.3 is 0 Å². The van der Waals surface area contributed by atoms with E-state index in [1.807, 2.05) is 36.1 Å². The number of aryl methyl sites for hydroxylation is 1. The number of benzene rings is 1. The second kappa shape index (κ2) is 12.2. The molecule has 1 aliphatic carbocycles. The molecular weight excluding hydrogens is 525 g/mol. The number of aromatic nitrogens is 3. The van der Waals surface area contributed by atoms with Gasteiger partial charge in [0.2, 0.25) is 0 Å². The van der Waals surface area contributed by atoms with Crippen molar-refractivity contribution in [2.75, 3.05) is 34.3 Å². The summed E-state index contributed by atoms with van der Waals surface area (Å²) in [7, 11) is 5.05. The van der Waals surface area contributed by atoms with Crippen LogP contribution in [0.1, 0.15) is 41.7 Å². The van der Waals surface area contributed by atoms with E-state index in [0.717, 1.165) is 27.9 Å². The van der Waals surface area contributed by atoms with Crippen LogP contribution in [0.4, 0.5) is 4.39 Å². The van der Waals surface area contributed by atoms with Gasteiger partial charge in [0.05, 0.1) is 18.7 Å². The van der Waals surface area contributed by atoms with Gasteiger partial charge in [-0.15, -0.1) is 0 Å². The quantitative estimate of drug-likeness (QED) is 0.360. The average Bonchev–Trinajstić information content (AvgIpc) is 3.37. The number of carbonyl (C=O) groups is 2. The highest BCUT2D eigenvalue weighted by atomic mass is 19.1. The number of piperidine rings is 1. The molecule has 41 heavy (non-hydrogen) atoms. The molecule has 1 fully saturated rings. The van der Waals surface area contributed by atoms with Gasteiger partial charge in [0.15, 0.2) is 0 Å². The van der Waals surface area contributed by atoms with Crippen molar-refractivity contribution in [2.24, 2.45) is 0 Å². The molecule has 3 aromatic rings. The minimum atomic E-state index is -0.473. The van der Waals surface area contributed by atoms with E-state index < -0.39 is 6.04 Å². The van der Waals surface area contributed by atoms with E-state index in [-0.39, 0.29) is 30.2 Å². The molecule has 1 aliphatic heterocycles. The van der Waals surface area contributed by atoms with Gasteiger partial charge in [0.25, 0.3) is 11.8 Å². The summed E-state index contributed by atoms with van der Waals surface area (Å²) in [4.78, 5) is 32.7. The highest BCUT2D eigenvalue weighted by Crippen LogP contribution is 2.30. The van der Waals surface area contributed by atoms with Crippen LogP contribution in [-0.2, 0) is 9.53 Å². The first-order valence-electron chi connectivity index (χ1n) is 13.8. The summed E-state index contributed by atoms with van der Waals surface area (Å²) in [6.45, 7) is 2.52. The Bertz CT molecular complexity index is 1510. The fourth-order valence-corrected chi connectivity index (χ4v) is 5.59. The lowest BCUT2D eigenvalue weighted by molar-refractivity contribution is -0.131. The molecule has 216 valence electrons. The third kappa shape index (κ3) is 6.31. The van der Waals surface area contributed by atoms with Crippen molar-refractivity contribution in [1.29, 1.82) is 0 Å². The number of nitrogens with one attached hydrogen (secondary N) is 3. The number of methoxy groups -OCH3 is 1. The van der Waals surface area contributed by atoms with Crippen LogP contribution < -0.4 is 10.7 Å². The first kappa shape index (κ1) is 28.4. The standard InChI is InChI=1S/C30H36FN7O3/c1-18-14-19(12-13-32-18)28-22-15-20(8-10-25(22)34-35-28)29(39)33-21-9-11-26(30(40)36-37(2)3)38(16-21)17-23-24(31)6-5-7-27(23)41-4/h6,8,10,12-15,21,26H,5,7,9,11,16-17H2,1-4H3,(H,33,39)(H,34,35)(H,36,40). The summed E-state index contributed by atoms with van der Waals surface area (Å²) in [6, 6.07) is 8.60. The van der Waals surface area contributed by atoms with Crippen molar-refractivity contribution in [3.05, 3.63) is 71.0 Å². The molecule has 2 unspecified atom stereocenters. The number of hydrogen-bond acceptors (Lipinski definition) is 7. The summed E-state index contributed by atoms with van der Waals surface area (Å²) in [5.74, 6) is -0.105. The summed E-state index contributed by atoms with van der Waals surface area (Å²) in [6.07, 6.45) is 5.60. The SMILES string of the molecule is COC1=C(CN2CC(NC(=O)c3ccc4[nH]nc(-c5ccnc(C)c5)c4c3)CCC2C(=O)NN(C)C)C(F)=CCC1. The minimum absolute atomic E-state index is 0.163. The number of aromatic amines is 1. The lowest BCUT2D eigenvalue weighted by atomic mass is 9.95. The zero-order valence-corrected chi connectivity index (χ0v) is 23.8. The van der Waals surface area contributed by atoms with E-state index >= 15 is 0 Å². The van der Waals surface area contributed by atoms with Crippen molar-refractivity contribution in [3.8, 4) is 11.3 Å². The van der Waals surface area contributed by atoms with E-state index in [1.165, 1.54) is 0 Å². The Morgan fingerprint density at radius 2 is 2.05 bits per heavy atom. The minimum Gasteiger partial charge on any atom is -0.501 e. The molecule has 1 aromatic carbocycles. The van der Waals surface area contributed by atoms with Gasteiger partial charge in [0.1, 0.15) is 17.3 Å². The van der Waals surface area contributed by atoms with Gasteiger partial charge in [-0.3, -0.25) is 30.0 Å². The van der Waals surface area contributed by atoms with Crippen molar-refractivity contribution in [3.63, 3.8) is 0 Å². The Morgan fingerprint density at radius 1 is 1.22 bits per heavy atom. The molecule has 3 heterocycles. The number of amides is 2. The third-order valence-electron chi connectivity index (χ3n) is 7.58. The number of ether oxygens (including phenoxy) is 1. The smallest absolute Gasteiger partial charge is 0.251 e. The van der Waals surface area contributed by atoms with E-state index in [9.17, 15) is 14.0 Å². The van der Waals surface area contributed by atoms with Gasteiger partial charge in [0, 0.05) is 73.6 Å². The number of carbonyl (C=O) groups excluding carboxylic acids is 2. The van der Waals surface area contributed by atoms with Crippen LogP contribution in [0.5, 0.6) is 0 Å². The largest absolute Gasteiger partial charge is 0.501 e. The molecule has 2 aliphatic rings. The number of hydrazine groups is 1. The van der Waals surface area contributed by atoms with Crippen molar-refractivity contribution < 1.29 is 18.7 Å². The molecule has 2 aromatic heterocycles. The number of likely N-dealkylation sites (tertiary alicyclic amines) is 1. The first-order chi connectivity index (χ1) is 19.7. The van der Waals surface area contributed by atoms with E-state index in [4.69, 9.17) is 4.74 Å². The second-order valence-corrected chi connectivity index (χ2v) is 10.8. The maximum absolute atomic E-state index is 14.9. The zero-order chi connectivity index (χ0) is 29.1. The molecule has 0 bridgehead atoms. The van der Waals surface area contributed by atoms with Crippen LogP contribution in [0.15, 0.2) is 59.8 Å². The molecular formula is C30H36FN7O3. The van der Waals surface area contributed by atoms with Crippen molar-refractivity contribution in [2.45, 2.75) is 44.7 Å². The highest BCUT2D eigenvalue weighted by molar-refractivity contribution is 6.01. The van der Waals surface area contributed by atoms with Crippen LogP contribution in [0.2, 0.25) is 0 Å². The normalized spacial score (nSPS) is 19.8. The number of allylic oxidation sites excluding steroid dienone is 2. The lowest BCUT2D eigenvalue weighted by Crippen LogP contribution is -2.58. The Morgan fingerprint density at radius 3 is 2.80 bits per heavy atom. The Labute approximate surface area is 238 Å². The third-order valence-corrected chi connectivity index (χ3v) is 7.58. The average molecular weight is 562 g/mol. The highest BCUT2D eigenvalue weighted by Gasteiger charge is 2.35. The van der Waals surface area contributed by atoms with Gasteiger partial charge in [-0.25, -0.2) is 9.40 Å². The topological polar surface area (TPSA) is 115 Å². The number of pyridine rings is 1. The Hall–Kier alpha value is -4.09. The zero-order valence-electron chi connectivity index (χ0n) is 23.8. The number of nitrogens with zero attached hydrogens (tertiary/aromatic N) is 4. The van der Waals surface area contributed by atoms with E-state index in [0.29, 0.717) is 49.1 Å². The van der Waals surface area contributed by atoms with E-state index in [2.05, 4.69) is 25.9 Å². The molecule has 0 saturated carbocycles. The molecule has 11 heteroatoms. The maximum atomic E-state index is 14.9. The monoisotopic (exact) mass is 561 g/mol. The summed E-state index contributed by atoms with van der Waals surface area (Å²) in [5, 5.41) is 13.1. The van der Waals surface area contributed by atoms with Crippen LogP contribution >= 0.6 is 0 Å². The molecule has 10 nitrogen and oxygen atoms in total. The van der Waals surface area contributed by atoms with Crippen LogP contribution in [0, 0.1) is 6.92 Å². The van der Waals surface area contributed by atoms with Crippen LogP contribution in [0.25, 0.3) is 22.2 Å². The fourth-order valence-electron chi connectivity index (χ4n) is 5.59. The van der Waals surface area contributed by atoms with Gasteiger partial charge in [-0.2, -0.15) is 5.10 Å². The number of halogens is 1. The predicted molar refractivity (Wildman–Crippen MR) is 154 cm³/mol. The van der Waals surface area contributed by atoms with Crippen LogP contribution in [-0.4, -0.2) is 83.3 Å². The number of rotatable bonds is 8. The van der Waals surface area contributed by atoms with Gasteiger partial charge in [-0.05, 0) is 62.6 Å². The lowest BCUT2D eigenvalue weighted by Gasteiger charge is -2.40. The molecule has 2 atom stereocenters. The molecule has 0 spiro atoms. The second-order valence-electron chi connectivity index (χ2n) is 10.8. The molecule has 0 radical (unpaired) electrons. The summed E-state index contributed by atoms with van der Waals surface area (Å²) >= 11 is 0. The number of fused-ring (bicyclic) bond motifs is 1. The van der Waals surface area contributed by atoms with Crippen molar-refractivity contribution in [1.82, 2.24) is 35.8 Å². The van der Waals surface area contributed by atoms with Crippen LogP contribution in [0.3, 0.4) is 0 Å². The fraction of sp³-hybridized carbons (Fsp3) is 0.400. The Balaban J connectivity index is 1.36. The van der Waals surface area contributed by atoms with Crippen molar-refractivity contribution >= 4 is 22.7 Å². The van der Waals surface area contributed by atoms with Gasteiger partial charge < -0.3 is 10.1 Å². The Kier molecular flexibility index (Phi) is 8.46. The number of H-pyrrole nitrogens is 1. The van der Waals surface area contributed by atoms with E-state index in [1.54, 1.807) is 44.6 Å². The predicted octanol–water partition coefficient (Wildman–Crippen LogP) is 3.64. The first-order valence-corrected chi connectivity index (χ1v) is 13.8. The molecule has 5 rings (SSSR count). The molecule has 2 amide bonds. The maximum Gasteiger partial charge on any atom is 0.251 e. The van der Waals surface area contributed by atoms with Gasteiger partial charge in [-0.1, -0.05) is 0 Å². The summed E-state index contributed by atoms with van der Waals surface area (Å²) < 4.78 is 20.4. The molecule has 3 N–H and O–H groups in total. The number of hydrogen-bond donors (Lipinski definition) is 3. The summed E-state index contributed by atoms with van der Waals surface area (Å²) in [5.41, 5.74) is 7.17. The molecule has 1 saturated heterocycles.